The van der Waals surface area contributed by atoms with Crippen molar-refractivity contribution in [2.75, 3.05) is 32.6 Å². The molecule has 0 fully saturated rings. The molecule has 1 aromatic rings. The van der Waals surface area contributed by atoms with Crippen LogP contribution in [-0.2, 0) is 10.2 Å². The summed E-state index contributed by atoms with van der Waals surface area (Å²) in [5, 5.41) is 0. The van der Waals surface area contributed by atoms with E-state index in [9.17, 15) is 4.79 Å². The Kier molecular flexibility index (Phi) is 2.96. The Morgan fingerprint density at radius 1 is 1.29 bits per heavy atom. The Morgan fingerprint density at radius 3 is 2.59 bits per heavy atom. The number of carbonyl (C=O) groups excluding carboxylic acids is 1. The number of hydrogen-bond acceptors (Lipinski definition) is 2. The Balaban J connectivity index is 2.37. The fourth-order valence-corrected chi connectivity index (χ4v) is 2.52. The molecule has 0 unspecified atom stereocenters. The minimum absolute atomic E-state index is 0.209. The predicted octanol–water partition coefficient (Wildman–Crippen LogP) is 1.87. The van der Waals surface area contributed by atoms with Gasteiger partial charge in [-0.3, -0.25) is 4.79 Å². The molecule has 1 aliphatic rings. The zero-order valence-corrected chi connectivity index (χ0v) is 11.0. The number of amides is 1. The monoisotopic (exact) mass is 232 g/mol. The van der Waals surface area contributed by atoms with Crippen molar-refractivity contribution in [2.45, 2.75) is 18.8 Å². The second-order valence-corrected chi connectivity index (χ2v) is 5.27. The normalized spacial score (nSPS) is 23.4. The van der Waals surface area contributed by atoms with Gasteiger partial charge in [-0.05, 0) is 45.6 Å². The third-order valence-electron chi connectivity index (χ3n) is 3.70. The average Bonchev–Trinajstić information content (AvgIpc) is 2.51. The number of carbonyl (C=O) groups is 1. The number of nitrogens with zero attached hydrogens (tertiary/aromatic N) is 2. The van der Waals surface area contributed by atoms with Crippen LogP contribution in [0.2, 0.25) is 0 Å². The molecule has 2 rings (SSSR count). The van der Waals surface area contributed by atoms with Crippen molar-refractivity contribution in [1.29, 1.82) is 0 Å². The fraction of sp³-hybridized carbons (Fsp3) is 0.500. The molecule has 0 bridgehead atoms. The summed E-state index contributed by atoms with van der Waals surface area (Å²) in [7, 11) is 5.94. The van der Waals surface area contributed by atoms with Crippen LogP contribution < -0.4 is 4.90 Å². The lowest BCUT2D eigenvalue weighted by Gasteiger charge is -2.25. The largest absolute Gasteiger partial charge is 0.314 e. The molecular formula is C14H20N2O. The van der Waals surface area contributed by atoms with E-state index in [4.69, 9.17) is 0 Å². The van der Waals surface area contributed by atoms with E-state index in [1.807, 2.05) is 39.3 Å². The fourth-order valence-electron chi connectivity index (χ4n) is 2.52. The van der Waals surface area contributed by atoms with Crippen LogP contribution in [0, 0.1) is 0 Å². The van der Waals surface area contributed by atoms with E-state index in [2.05, 4.69) is 17.9 Å². The van der Waals surface area contributed by atoms with E-state index >= 15 is 0 Å². The summed E-state index contributed by atoms with van der Waals surface area (Å²) in [5.41, 5.74) is 1.85. The molecule has 0 aromatic heterocycles. The van der Waals surface area contributed by atoms with E-state index in [0.29, 0.717) is 0 Å². The lowest BCUT2D eigenvalue weighted by molar-refractivity contribution is -0.122. The predicted molar refractivity (Wildman–Crippen MR) is 70.4 cm³/mol. The van der Waals surface area contributed by atoms with Crippen molar-refractivity contribution in [1.82, 2.24) is 4.90 Å². The molecule has 92 valence electrons. The molecule has 0 N–H and O–H groups in total. The first-order chi connectivity index (χ1) is 7.97. The van der Waals surface area contributed by atoms with Gasteiger partial charge in [0.25, 0.3) is 0 Å². The molecular weight excluding hydrogens is 212 g/mol. The highest BCUT2D eigenvalue weighted by Gasteiger charge is 2.45. The quantitative estimate of drug-likeness (QED) is 0.794. The first-order valence-corrected chi connectivity index (χ1v) is 5.99. The van der Waals surface area contributed by atoms with Crippen LogP contribution in [0.25, 0.3) is 0 Å². The number of para-hydroxylation sites is 1. The number of anilines is 1. The smallest absolute Gasteiger partial charge is 0.237 e. The molecule has 0 saturated heterocycles. The van der Waals surface area contributed by atoms with Crippen molar-refractivity contribution in [2.24, 2.45) is 0 Å². The Hall–Kier alpha value is -1.35. The zero-order chi connectivity index (χ0) is 12.6. The molecule has 0 spiro atoms. The van der Waals surface area contributed by atoms with Crippen LogP contribution >= 0.6 is 0 Å². The summed E-state index contributed by atoms with van der Waals surface area (Å²) in [5.74, 6) is 0.209. The molecule has 3 nitrogen and oxygen atoms in total. The standard InChI is InChI=1S/C14H20N2O/c1-14(9-10-15(2)3)11-7-5-6-8-12(11)16(4)13(14)17/h5-8H,9-10H2,1-4H3/t14-/m0/s1. The van der Waals surface area contributed by atoms with Crippen LogP contribution in [0.15, 0.2) is 24.3 Å². The van der Waals surface area contributed by atoms with Gasteiger partial charge in [-0.25, -0.2) is 0 Å². The van der Waals surface area contributed by atoms with Crippen LogP contribution in [0.1, 0.15) is 18.9 Å². The van der Waals surface area contributed by atoms with Crippen molar-refractivity contribution < 1.29 is 4.79 Å². The van der Waals surface area contributed by atoms with Gasteiger partial charge in [0.1, 0.15) is 0 Å². The van der Waals surface area contributed by atoms with Gasteiger partial charge in [0.2, 0.25) is 5.91 Å². The van der Waals surface area contributed by atoms with E-state index in [-0.39, 0.29) is 11.3 Å². The van der Waals surface area contributed by atoms with Crippen molar-refractivity contribution in [3.05, 3.63) is 29.8 Å². The van der Waals surface area contributed by atoms with E-state index in [0.717, 1.165) is 24.2 Å². The number of benzene rings is 1. The van der Waals surface area contributed by atoms with Gasteiger partial charge in [0.05, 0.1) is 5.41 Å². The van der Waals surface area contributed by atoms with E-state index in [1.165, 1.54) is 0 Å². The minimum Gasteiger partial charge on any atom is -0.314 e. The summed E-state index contributed by atoms with van der Waals surface area (Å²) in [6.45, 7) is 2.98. The van der Waals surface area contributed by atoms with E-state index in [1.54, 1.807) is 4.90 Å². The third-order valence-corrected chi connectivity index (χ3v) is 3.70. The zero-order valence-electron chi connectivity index (χ0n) is 11.0. The maximum Gasteiger partial charge on any atom is 0.237 e. The number of likely N-dealkylation sites (N-methyl/N-ethyl adjacent to an activating group) is 1. The summed E-state index contributed by atoms with van der Waals surface area (Å²) in [6.07, 6.45) is 0.861. The SMILES string of the molecule is CN(C)CC[C@]1(C)C(=O)N(C)c2ccccc21. The van der Waals surface area contributed by atoms with Gasteiger partial charge in [-0.15, -0.1) is 0 Å². The summed E-state index contributed by atoms with van der Waals surface area (Å²) < 4.78 is 0. The molecule has 0 radical (unpaired) electrons. The lowest BCUT2D eigenvalue weighted by atomic mass is 9.80. The van der Waals surface area contributed by atoms with Gasteiger partial charge in [-0.1, -0.05) is 18.2 Å². The van der Waals surface area contributed by atoms with Crippen molar-refractivity contribution in [3.8, 4) is 0 Å². The van der Waals surface area contributed by atoms with Gasteiger partial charge in [0.15, 0.2) is 0 Å². The molecule has 0 aliphatic carbocycles. The molecule has 1 aliphatic heterocycles. The van der Waals surface area contributed by atoms with Crippen molar-refractivity contribution in [3.63, 3.8) is 0 Å². The molecule has 1 aromatic carbocycles. The molecule has 0 saturated carbocycles. The van der Waals surface area contributed by atoms with E-state index < -0.39 is 0 Å². The summed E-state index contributed by atoms with van der Waals surface area (Å²) in [4.78, 5) is 16.3. The van der Waals surface area contributed by atoms with Gasteiger partial charge >= 0.3 is 0 Å². The Morgan fingerprint density at radius 2 is 1.94 bits per heavy atom. The number of fused-ring (bicyclic) bond motifs is 1. The Bertz CT molecular complexity index is 442. The van der Waals surface area contributed by atoms with Crippen LogP contribution in [0.3, 0.4) is 0 Å². The molecule has 1 heterocycles. The highest BCUT2D eigenvalue weighted by Crippen LogP contribution is 2.42. The van der Waals surface area contributed by atoms with Gasteiger partial charge in [-0.2, -0.15) is 0 Å². The second-order valence-electron chi connectivity index (χ2n) is 5.27. The summed E-state index contributed by atoms with van der Waals surface area (Å²) >= 11 is 0. The van der Waals surface area contributed by atoms with Gasteiger partial charge in [0, 0.05) is 12.7 Å². The van der Waals surface area contributed by atoms with Crippen LogP contribution in [0.4, 0.5) is 5.69 Å². The molecule has 1 amide bonds. The molecule has 3 heteroatoms. The van der Waals surface area contributed by atoms with Crippen LogP contribution in [-0.4, -0.2) is 38.5 Å². The first kappa shape index (κ1) is 12.1. The lowest BCUT2D eigenvalue weighted by Crippen LogP contribution is -2.38. The highest BCUT2D eigenvalue weighted by molar-refractivity contribution is 6.07. The molecule has 1 atom stereocenters. The van der Waals surface area contributed by atoms with Crippen LogP contribution in [0.5, 0.6) is 0 Å². The average molecular weight is 232 g/mol. The Labute approximate surface area is 103 Å². The highest BCUT2D eigenvalue weighted by atomic mass is 16.2. The van der Waals surface area contributed by atoms with Gasteiger partial charge < -0.3 is 9.80 Å². The number of hydrogen-bond donors (Lipinski definition) is 0. The molecule has 17 heavy (non-hydrogen) atoms. The van der Waals surface area contributed by atoms with Crippen molar-refractivity contribution >= 4 is 11.6 Å². The topological polar surface area (TPSA) is 23.6 Å². The third kappa shape index (κ3) is 1.84. The summed E-state index contributed by atoms with van der Waals surface area (Å²) in [6, 6.07) is 8.10. The maximum absolute atomic E-state index is 12.4. The number of rotatable bonds is 3. The first-order valence-electron chi connectivity index (χ1n) is 5.99. The second kappa shape index (κ2) is 4.15. The minimum atomic E-state index is -0.365. The maximum atomic E-state index is 12.4.